The Bertz CT molecular complexity index is 1480. The molecular formula is C26H21FN6O. The second-order valence-corrected chi connectivity index (χ2v) is 7.66. The fraction of sp³-hybridized carbons (Fsp3) is 0.0769. The van der Waals surface area contributed by atoms with E-state index in [4.69, 9.17) is 10.5 Å². The molecule has 5 rings (SSSR count). The predicted octanol–water partition coefficient (Wildman–Crippen LogP) is 5.52. The second-order valence-electron chi connectivity index (χ2n) is 7.66. The largest absolute Gasteiger partial charge is 0.437 e. The van der Waals surface area contributed by atoms with Gasteiger partial charge in [0.2, 0.25) is 11.8 Å². The summed E-state index contributed by atoms with van der Waals surface area (Å²) in [6.07, 6.45) is 4.94. The van der Waals surface area contributed by atoms with Gasteiger partial charge in [-0.05, 0) is 55.0 Å². The molecule has 3 heterocycles. The molecule has 3 N–H and O–H groups in total. The van der Waals surface area contributed by atoms with Crippen LogP contribution < -0.4 is 15.8 Å². The predicted molar refractivity (Wildman–Crippen MR) is 130 cm³/mol. The molecule has 0 aliphatic heterocycles. The molecule has 7 nitrogen and oxygen atoms in total. The lowest BCUT2D eigenvalue weighted by Gasteiger charge is -2.16. The first kappa shape index (κ1) is 21.3. The number of nitrogen functional groups attached to an aromatic ring is 1. The highest BCUT2D eigenvalue weighted by molar-refractivity contribution is 5.99. The van der Waals surface area contributed by atoms with Gasteiger partial charge in [0, 0.05) is 29.4 Å². The normalized spacial score (nSPS) is 10.9. The van der Waals surface area contributed by atoms with E-state index in [1.807, 2.05) is 43.3 Å². The molecule has 168 valence electrons. The highest BCUT2D eigenvalue weighted by Gasteiger charge is 2.17. The Kier molecular flexibility index (Phi) is 5.70. The Labute approximate surface area is 195 Å². The van der Waals surface area contributed by atoms with Gasteiger partial charge in [-0.3, -0.25) is 4.98 Å². The average molecular weight is 452 g/mol. The summed E-state index contributed by atoms with van der Waals surface area (Å²) in [4.78, 5) is 17.0. The first-order valence-electron chi connectivity index (χ1n) is 10.7. The molecule has 0 spiro atoms. The minimum Gasteiger partial charge on any atom is -0.437 e. The zero-order valence-electron chi connectivity index (χ0n) is 18.4. The molecule has 8 heteroatoms. The number of anilines is 2. The quantitative estimate of drug-likeness (QED) is 0.350. The van der Waals surface area contributed by atoms with Crippen molar-refractivity contribution in [1.82, 2.24) is 19.9 Å². The Hall–Kier alpha value is -4.59. The van der Waals surface area contributed by atoms with E-state index in [9.17, 15) is 4.39 Å². The molecule has 3 aromatic heterocycles. The molecule has 0 bridgehead atoms. The van der Waals surface area contributed by atoms with Crippen molar-refractivity contribution >= 4 is 22.4 Å². The van der Waals surface area contributed by atoms with E-state index < -0.39 is 0 Å². The Morgan fingerprint density at radius 1 is 0.882 bits per heavy atom. The van der Waals surface area contributed by atoms with Crippen molar-refractivity contribution in [2.24, 2.45) is 0 Å². The van der Waals surface area contributed by atoms with Crippen molar-refractivity contribution < 1.29 is 9.13 Å². The van der Waals surface area contributed by atoms with Crippen LogP contribution in [0.2, 0.25) is 0 Å². The van der Waals surface area contributed by atoms with Crippen LogP contribution in [0.25, 0.3) is 22.0 Å². The summed E-state index contributed by atoms with van der Waals surface area (Å²) in [5, 5.41) is 4.63. The third kappa shape index (κ3) is 4.21. The fourth-order valence-electron chi connectivity index (χ4n) is 3.74. The molecule has 0 atom stereocenters. The molecule has 5 aromatic rings. The Morgan fingerprint density at radius 3 is 2.56 bits per heavy atom. The van der Waals surface area contributed by atoms with Crippen LogP contribution in [-0.2, 0) is 6.54 Å². The number of halogens is 1. The van der Waals surface area contributed by atoms with E-state index in [-0.39, 0.29) is 11.8 Å². The van der Waals surface area contributed by atoms with Gasteiger partial charge >= 0.3 is 0 Å². The number of nitrogens with zero attached hydrogens (tertiary/aromatic N) is 4. The lowest BCUT2D eigenvalue weighted by molar-refractivity contribution is 0.466. The van der Waals surface area contributed by atoms with Crippen LogP contribution in [0.4, 0.5) is 16.0 Å². The smallest absolute Gasteiger partial charge is 0.228 e. The third-order valence-electron chi connectivity index (χ3n) is 5.39. The van der Waals surface area contributed by atoms with Crippen molar-refractivity contribution in [3.8, 4) is 22.9 Å². The van der Waals surface area contributed by atoms with E-state index in [0.717, 1.165) is 16.6 Å². The maximum atomic E-state index is 14.8. The molecule has 34 heavy (non-hydrogen) atoms. The molecule has 2 aromatic carbocycles. The first-order valence-corrected chi connectivity index (χ1v) is 10.7. The van der Waals surface area contributed by atoms with Gasteiger partial charge in [-0.15, -0.1) is 0 Å². The number of rotatable bonds is 6. The van der Waals surface area contributed by atoms with Crippen LogP contribution in [0.15, 0.2) is 79.3 Å². The Balaban J connectivity index is 1.56. The van der Waals surface area contributed by atoms with E-state index in [1.54, 1.807) is 36.8 Å². The van der Waals surface area contributed by atoms with Crippen molar-refractivity contribution in [2.45, 2.75) is 13.5 Å². The summed E-state index contributed by atoms with van der Waals surface area (Å²) in [7, 11) is 0. The molecule has 0 unspecified atom stereocenters. The van der Waals surface area contributed by atoms with Crippen molar-refractivity contribution in [3.05, 3.63) is 96.3 Å². The van der Waals surface area contributed by atoms with Gasteiger partial charge in [0.15, 0.2) is 0 Å². The summed E-state index contributed by atoms with van der Waals surface area (Å²) in [6, 6.07) is 17.9. The van der Waals surface area contributed by atoms with Gasteiger partial charge in [-0.1, -0.05) is 18.2 Å². The average Bonchev–Trinajstić information content (AvgIpc) is 2.86. The van der Waals surface area contributed by atoms with Gasteiger partial charge in [0.25, 0.3) is 0 Å². The van der Waals surface area contributed by atoms with Gasteiger partial charge in [-0.25, -0.2) is 19.3 Å². The molecule has 0 saturated carbocycles. The molecule has 0 aliphatic carbocycles. The van der Waals surface area contributed by atoms with E-state index in [2.05, 4.69) is 25.3 Å². The summed E-state index contributed by atoms with van der Waals surface area (Å²) in [5.74, 6) is 0.754. The first-order chi connectivity index (χ1) is 16.6. The van der Waals surface area contributed by atoms with Gasteiger partial charge in [-0.2, -0.15) is 0 Å². The van der Waals surface area contributed by atoms with E-state index in [0.29, 0.717) is 40.5 Å². The minimum atomic E-state index is -0.353. The number of aromatic nitrogens is 4. The van der Waals surface area contributed by atoms with Gasteiger partial charge in [0.1, 0.15) is 11.6 Å². The maximum Gasteiger partial charge on any atom is 0.228 e. The van der Waals surface area contributed by atoms with Crippen LogP contribution in [0.1, 0.15) is 11.3 Å². The van der Waals surface area contributed by atoms with E-state index >= 15 is 0 Å². The number of pyridine rings is 2. The monoisotopic (exact) mass is 452 g/mol. The van der Waals surface area contributed by atoms with Crippen LogP contribution in [0, 0.1) is 12.7 Å². The summed E-state index contributed by atoms with van der Waals surface area (Å²) >= 11 is 0. The fourth-order valence-corrected chi connectivity index (χ4v) is 3.74. The Morgan fingerprint density at radius 2 is 1.74 bits per heavy atom. The summed E-state index contributed by atoms with van der Waals surface area (Å²) in [6.45, 7) is 2.32. The number of benzene rings is 2. The SMILES string of the molecule is Cc1ccc2c(NCc3ccccn3)c(F)ccc2c1Oc1ncccc1-c1ccnc(N)n1. The highest BCUT2D eigenvalue weighted by Crippen LogP contribution is 2.39. The maximum absolute atomic E-state index is 14.8. The standard InChI is InChI=1S/C26H21FN6O/c1-16-7-8-18-19(9-10-21(27)23(18)32-15-17-5-2-3-12-29-17)24(16)34-25-20(6-4-13-30-25)22-11-14-31-26(28)33-22/h2-14,32H,15H2,1H3,(H2,28,31,33). The number of nitrogens with two attached hydrogens (primary N) is 1. The summed E-state index contributed by atoms with van der Waals surface area (Å²) in [5.41, 5.74) is 9.11. The van der Waals surface area contributed by atoms with Gasteiger partial charge in [0.05, 0.1) is 29.2 Å². The number of aryl methyl sites for hydroxylation is 1. The lowest BCUT2D eigenvalue weighted by atomic mass is 10.0. The van der Waals surface area contributed by atoms with Crippen LogP contribution >= 0.6 is 0 Å². The zero-order chi connectivity index (χ0) is 23.5. The number of ether oxygens (including phenoxy) is 1. The molecule has 0 saturated heterocycles. The van der Waals surface area contributed by atoms with Crippen molar-refractivity contribution in [1.29, 1.82) is 0 Å². The molecule has 0 amide bonds. The molecule has 0 aliphatic rings. The summed E-state index contributed by atoms with van der Waals surface area (Å²) < 4.78 is 21.2. The number of hydrogen-bond acceptors (Lipinski definition) is 7. The number of fused-ring (bicyclic) bond motifs is 1. The van der Waals surface area contributed by atoms with Crippen LogP contribution in [0.5, 0.6) is 11.6 Å². The zero-order valence-corrected chi connectivity index (χ0v) is 18.4. The van der Waals surface area contributed by atoms with Gasteiger partial charge < -0.3 is 15.8 Å². The topological polar surface area (TPSA) is 98.8 Å². The lowest BCUT2D eigenvalue weighted by Crippen LogP contribution is -2.04. The highest BCUT2D eigenvalue weighted by atomic mass is 19.1. The number of nitrogens with one attached hydrogen (secondary N) is 1. The number of hydrogen-bond donors (Lipinski definition) is 2. The minimum absolute atomic E-state index is 0.160. The van der Waals surface area contributed by atoms with Crippen molar-refractivity contribution in [3.63, 3.8) is 0 Å². The van der Waals surface area contributed by atoms with Crippen LogP contribution in [-0.4, -0.2) is 19.9 Å². The van der Waals surface area contributed by atoms with E-state index in [1.165, 1.54) is 6.07 Å². The second kappa shape index (κ2) is 9.11. The molecule has 0 radical (unpaired) electrons. The van der Waals surface area contributed by atoms with Crippen molar-refractivity contribution in [2.75, 3.05) is 11.1 Å². The molecular weight excluding hydrogens is 431 g/mol. The third-order valence-corrected chi connectivity index (χ3v) is 5.39. The molecule has 0 fully saturated rings. The van der Waals surface area contributed by atoms with Crippen LogP contribution in [0.3, 0.4) is 0 Å².